The van der Waals surface area contributed by atoms with Gasteiger partial charge in [-0.1, -0.05) is 11.6 Å². The Hall–Kier alpha value is -0.950. The van der Waals surface area contributed by atoms with Crippen LogP contribution in [0.3, 0.4) is 0 Å². The summed E-state index contributed by atoms with van der Waals surface area (Å²) < 4.78 is 6.64. The Balaban J connectivity index is 1.25. The maximum atomic E-state index is 6.25. The molecule has 1 saturated carbocycles. The number of hydrogen-bond acceptors (Lipinski definition) is 6. The minimum Gasteiger partial charge on any atom is -0.381 e. The van der Waals surface area contributed by atoms with E-state index in [9.17, 15) is 0 Å². The molecule has 0 radical (unpaired) electrons. The van der Waals surface area contributed by atoms with Crippen molar-refractivity contribution in [3.63, 3.8) is 0 Å². The van der Waals surface area contributed by atoms with Gasteiger partial charge in [0.05, 0.1) is 15.9 Å². The molecule has 5 nitrogen and oxygen atoms in total. The first-order chi connectivity index (χ1) is 12.8. The van der Waals surface area contributed by atoms with Gasteiger partial charge in [-0.3, -0.25) is 0 Å². The Morgan fingerprint density at radius 1 is 1.31 bits per heavy atom. The Bertz CT molecular complexity index is 778. The monoisotopic (exact) mass is 392 g/mol. The van der Waals surface area contributed by atoms with Crippen LogP contribution in [0, 0.1) is 17.8 Å². The Morgan fingerprint density at radius 3 is 3.08 bits per heavy atom. The van der Waals surface area contributed by atoms with Crippen LogP contribution in [0.25, 0.3) is 10.1 Å². The van der Waals surface area contributed by atoms with Gasteiger partial charge in [0, 0.05) is 36.1 Å². The molecular weight excluding hydrogens is 368 g/mol. The summed E-state index contributed by atoms with van der Waals surface area (Å²) in [6.07, 6.45) is 7.98. The van der Waals surface area contributed by atoms with Gasteiger partial charge in [-0.25, -0.2) is 0 Å². The Labute approximate surface area is 162 Å². The van der Waals surface area contributed by atoms with Crippen molar-refractivity contribution in [2.75, 3.05) is 25.1 Å². The van der Waals surface area contributed by atoms with E-state index in [2.05, 4.69) is 20.8 Å². The largest absolute Gasteiger partial charge is 0.381 e. The first-order valence-corrected chi connectivity index (χ1v) is 11.0. The number of ether oxygens (including phenoxy) is 1. The summed E-state index contributed by atoms with van der Waals surface area (Å²) in [5.41, 5.74) is 0. The van der Waals surface area contributed by atoms with Crippen molar-refractivity contribution in [3.8, 4) is 0 Å². The van der Waals surface area contributed by atoms with Crippen molar-refractivity contribution in [1.82, 2.24) is 15.5 Å². The summed E-state index contributed by atoms with van der Waals surface area (Å²) in [4.78, 5) is 0. The molecule has 4 atom stereocenters. The standard InChI is InChI=1S/C19H25ClN4OS/c20-16-10-26-18-15(16)9-22-24-19(18)23-13-6-12-8-21-17(14(12)7-13)5-11-1-3-25-4-2-11/h9-14,17,21H,1-8H2,(H,23,24)/t12-,13+,14+,17+/m1/s1. The summed E-state index contributed by atoms with van der Waals surface area (Å²) in [5.74, 6) is 3.31. The third-order valence-corrected chi connectivity index (χ3v) is 7.96. The van der Waals surface area contributed by atoms with Crippen LogP contribution in [0.4, 0.5) is 5.82 Å². The van der Waals surface area contributed by atoms with E-state index in [0.717, 1.165) is 58.4 Å². The maximum absolute atomic E-state index is 6.25. The highest BCUT2D eigenvalue weighted by Gasteiger charge is 2.44. The average molecular weight is 393 g/mol. The SMILES string of the molecule is Clc1csc2c(N[C@H]3C[C@@H]4CN[C@@H](CC5CCOCC5)[C@H]4C3)nncc12. The van der Waals surface area contributed by atoms with Gasteiger partial charge in [0.15, 0.2) is 5.82 Å². The molecule has 0 spiro atoms. The molecule has 26 heavy (non-hydrogen) atoms. The molecule has 7 heteroatoms. The molecule has 0 aromatic carbocycles. The third kappa shape index (κ3) is 3.21. The van der Waals surface area contributed by atoms with Crippen molar-refractivity contribution in [1.29, 1.82) is 0 Å². The summed E-state index contributed by atoms with van der Waals surface area (Å²) in [6.45, 7) is 3.06. The molecule has 0 amide bonds. The normalized spacial score (nSPS) is 32.2. The zero-order valence-electron chi connectivity index (χ0n) is 14.8. The summed E-state index contributed by atoms with van der Waals surface area (Å²) >= 11 is 7.90. The molecule has 140 valence electrons. The highest BCUT2D eigenvalue weighted by molar-refractivity contribution is 7.18. The van der Waals surface area contributed by atoms with Gasteiger partial charge in [0.2, 0.25) is 0 Å². The van der Waals surface area contributed by atoms with Gasteiger partial charge in [-0.2, -0.15) is 5.10 Å². The molecular formula is C19H25ClN4OS. The van der Waals surface area contributed by atoms with E-state index in [1.807, 2.05) is 5.38 Å². The van der Waals surface area contributed by atoms with E-state index in [-0.39, 0.29) is 0 Å². The second-order valence-corrected chi connectivity index (χ2v) is 9.35. The smallest absolute Gasteiger partial charge is 0.166 e. The Morgan fingerprint density at radius 2 is 2.19 bits per heavy atom. The number of halogens is 1. The number of rotatable bonds is 4. The van der Waals surface area contributed by atoms with Crippen molar-refractivity contribution in [2.45, 2.75) is 44.2 Å². The van der Waals surface area contributed by atoms with Crippen LogP contribution in [0.2, 0.25) is 5.02 Å². The van der Waals surface area contributed by atoms with Crippen molar-refractivity contribution < 1.29 is 4.74 Å². The quantitative estimate of drug-likeness (QED) is 0.825. The molecule has 3 aliphatic rings. The number of nitrogens with zero attached hydrogens (tertiary/aromatic N) is 2. The zero-order valence-corrected chi connectivity index (χ0v) is 16.4. The minimum atomic E-state index is 0.491. The van der Waals surface area contributed by atoms with Gasteiger partial charge in [-0.15, -0.1) is 16.4 Å². The number of thiophene rings is 1. The van der Waals surface area contributed by atoms with E-state index in [1.54, 1.807) is 17.5 Å². The minimum absolute atomic E-state index is 0.491. The first kappa shape index (κ1) is 17.2. The van der Waals surface area contributed by atoms with E-state index in [0.29, 0.717) is 12.1 Å². The predicted molar refractivity (Wildman–Crippen MR) is 106 cm³/mol. The molecule has 5 rings (SSSR count). The topological polar surface area (TPSA) is 59.1 Å². The van der Waals surface area contributed by atoms with Gasteiger partial charge in [-0.05, 0) is 56.4 Å². The highest BCUT2D eigenvalue weighted by Crippen LogP contribution is 2.42. The second kappa shape index (κ2) is 7.23. The number of hydrogen-bond donors (Lipinski definition) is 2. The summed E-state index contributed by atoms with van der Waals surface area (Å²) in [5, 5.41) is 19.7. The molecule has 4 heterocycles. The fourth-order valence-corrected chi connectivity index (χ4v) is 6.37. The van der Waals surface area contributed by atoms with Crippen molar-refractivity contribution in [3.05, 3.63) is 16.6 Å². The van der Waals surface area contributed by atoms with Crippen LogP contribution < -0.4 is 10.6 Å². The van der Waals surface area contributed by atoms with Crippen LogP contribution in [0.1, 0.15) is 32.1 Å². The number of nitrogens with one attached hydrogen (secondary N) is 2. The molecule has 3 fully saturated rings. The second-order valence-electron chi connectivity index (χ2n) is 8.06. The summed E-state index contributed by atoms with van der Waals surface area (Å²) in [6, 6.07) is 1.16. The molecule has 0 bridgehead atoms. The predicted octanol–water partition coefficient (Wildman–Crippen LogP) is 3.94. The van der Waals surface area contributed by atoms with Crippen molar-refractivity contribution in [2.24, 2.45) is 17.8 Å². The van der Waals surface area contributed by atoms with Crippen LogP contribution in [0.5, 0.6) is 0 Å². The molecule has 1 aliphatic carbocycles. The lowest BCUT2D eigenvalue weighted by molar-refractivity contribution is 0.0594. The fraction of sp³-hybridized carbons (Fsp3) is 0.684. The van der Waals surface area contributed by atoms with Gasteiger partial charge in [0.25, 0.3) is 0 Å². The third-order valence-electron chi connectivity index (χ3n) is 6.52. The molecule has 2 saturated heterocycles. The highest BCUT2D eigenvalue weighted by atomic mass is 35.5. The number of fused-ring (bicyclic) bond motifs is 2. The van der Waals surface area contributed by atoms with E-state index in [4.69, 9.17) is 16.3 Å². The molecule has 2 N–H and O–H groups in total. The first-order valence-electron chi connectivity index (χ1n) is 9.74. The summed E-state index contributed by atoms with van der Waals surface area (Å²) in [7, 11) is 0. The zero-order chi connectivity index (χ0) is 17.5. The lowest BCUT2D eigenvalue weighted by Gasteiger charge is -2.27. The lowest BCUT2D eigenvalue weighted by Crippen LogP contribution is -2.33. The average Bonchev–Trinajstić information content (AvgIpc) is 3.33. The molecule has 2 aromatic rings. The van der Waals surface area contributed by atoms with Crippen LogP contribution in [-0.4, -0.2) is 42.0 Å². The van der Waals surface area contributed by atoms with E-state index < -0.39 is 0 Å². The van der Waals surface area contributed by atoms with Gasteiger partial charge < -0.3 is 15.4 Å². The van der Waals surface area contributed by atoms with E-state index in [1.165, 1.54) is 32.1 Å². The number of aromatic nitrogens is 2. The number of anilines is 1. The van der Waals surface area contributed by atoms with Crippen LogP contribution in [-0.2, 0) is 4.74 Å². The lowest BCUT2D eigenvalue weighted by atomic mass is 9.85. The van der Waals surface area contributed by atoms with Crippen LogP contribution >= 0.6 is 22.9 Å². The molecule has 0 unspecified atom stereocenters. The Kier molecular flexibility index (Phi) is 4.77. The van der Waals surface area contributed by atoms with E-state index >= 15 is 0 Å². The maximum Gasteiger partial charge on any atom is 0.166 e. The van der Waals surface area contributed by atoms with Gasteiger partial charge >= 0.3 is 0 Å². The molecule has 2 aromatic heterocycles. The molecule has 2 aliphatic heterocycles. The van der Waals surface area contributed by atoms with Gasteiger partial charge in [0.1, 0.15) is 0 Å². The van der Waals surface area contributed by atoms with Crippen molar-refractivity contribution >= 4 is 38.8 Å². The fourth-order valence-electron chi connectivity index (χ4n) is 5.18. The van der Waals surface area contributed by atoms with Crippen LogP contribution in [0.15, 0.2) is 11.6 Å².